The van der Waals surface area contributed by atoms with Crippen LogP contribution >= 0.6 is 0 Å². The molecule has 1 aliphatic heterocycles. The van der Waals surface area contributed by atoms with Gasteiger partial charge in [0.05, 0.1) is 12.5 Å². The molecule has 2 nitrogen and oxygen atoms in total. The summed E-state index contributed by atoms with van der Waals surface area (Å²) in [5, 5.41) is 0. The van der Waals surface area contributed by atoms with Crippen LogP contribution in [-0.4, -0.2) is 12.6 Å². The van der Waals surface area contributed by atoms with Crippen molar-refractivity contribution in [1.82, 2.24) is 0 Å². The minimum atomic E-state index is -0.00425. The highest BCUT2D eigenvalue weighted by atomic mass is 16.5. The Morgan fingerprint density at radius 2 is 1.65 bits per heavy atom. The van der Waals surface area contributed by atoms with E-state index < -0.39 is 0 Å². The first-order chi connectivity index (χ1) is 8.30. The molecule has 1 rings (SSSR count). The lowest BCUT2D eigenvalue weighted by Gasteiger charge is -2.10. The third-order valence-electron chi connectivity index (χ3n) is 3.34. The topological polar surface area (TPSA) is 26.3 Å². The lowest BCUT2D eigenvalue weighted by molar-refractivity contribution is -0.148. The quantitative estimate of drug-likeness (QED) is 0.466. The van der Waals surface area contributed by atoms with E-state index in [1.807, 2.05) is 6.92 Å². The monoisotopic (exact) mass is 238 g/mol. The smallest absolute Gasteiger partial charge is 0.308 e. The molecule has 1 heterocycles. The molecule has 1 unspecified atom stereocenters. The van der Waals surface area contributed by atoms with E-state index in [1.54, 1.807) is 0 Å². The highest BCUT2D eigenvalue weighted by molar-refractivity contribution is 5.71. The van der Waals surface area contributed by atoms with Crippen LogP contribution in [0, 0.1) is 5.92 Å². The van der Waals surface area contributed by atoms with Crippen molar-refractivity contribution in [3.63, 3.8) is 0 Å². The van der Waals surface area contributed by atoms with Crippen LogP contribution in [0.2, 0.25) is 0 Å². The second-order valence-corrected chi connectivity index (χ2v) is 5.03. The summed E-state index contributed by atoms with van der Waals surface area (Å²) in [5.41, 5.74) is 0. The van der Waals surface area contributed by atoms with Gasteiger partial charge in [0.2, 0.25) is 0 Å². The Hall–Kier alpha value is -0.790. The number of allylic oxidation sites excluding steroid dienone is 2. The van der Waals surface area contributed by atoms with E-state index in [9.17, 15) is 4.79 Å². The van der Waals surface area contributed by atoms with Crippen molar-refractivity contribution in [2.24, 2.45) is 5.92 Å². The summed E-state index contributed by atoms with van der Waals surface area (Å²) in [6.45, 7) is 2.58. The summed E-state index contributed by atoms with van der Waals surface area (Å²) >= 11 is 0. The van der Waals surface area contributed by atoms with Crippen molar-refractivity contribution in [2.45, 2.75) is 64.7 Å². The summed E-state index contributed by atoms with van der Waals surface area (Å²) < 4.78 is 5.27. The Balaban J connectivity index is 2.29. The Labute approximate surface area is 105 Å². The van der Waals surface area contributed by atoms with E-state index in [-0.39, 0.29) is 11.9 Å². The zero-order chi connectivity index (χ0) is 12.3. The number of rotatable bonds is 0. The Morgan fingerprint density at radius 3 is 2.41 bits per heavy atom. The summed E-state index contributed by atoms with van der Waals surface area (Å²) in [6.07, 6.45) is 15.0. The average Bonchev–Trinajstić information content (AvgIpc) is 2.34. The SMILES string of the molecule is CC1CCCCCCC=CCCCCOC1=O. The Kier molecular flexibility index (Phi) is 7.78. The van der Waals surface area contributed by atoms with Gasteiger partial charge in [0.15, 0.2) is 0 Å². The molecule has 1 atom stereocenters. The van der Waals surface area contributed by atoms with Gasteiger partial charge in [-0.15, -0.1) is 0 Å². The van der Waals surface area contributed by atoms with Crippen molar-refractivity contribution < 1.29 is 9.53 Å². The van der Waals surface area contributed by atoms with Gasteiger partial charge >= 0.3 is 5.97 Å². The second-order valence-electron chi connectivity index (χ2n) is 5.03. The minimum Gasteiger partial charge on any atom is -0.465 e. The molecule has 0 aliphatic carbocycles. The molecule has 0 saturated carbocycles. The van der Waals surface area contributed by atoms with Gasteiger partial charge < -0.3 is 4.74 Å². The van der Waals surface area contributed by atoms with Crippen molar-refractivity contribution in [3.05, 3.63) is 12.2 Å². The van der Waals surface area contributed by atoms with Gasteiger partial charge in [0.25, 0.3) is 0 Å². The van der Waals surface area contributed by atoms with E-state index in [0.29, 0.717) is 6.61 Å². The lowest BCUT2D eigenvalue weighted by atomic mass is 10.0. The van der Waals surface area contributed by atoms with Crippen molar-refractivity contribution in [3.8, 4) is 0 Å². The fraction of sp³-hybridized carbons (Fsp3) is 0.800. The number of carbonyl (C=O) groups is 1. The molecule has 98 valence electrons. The van der Waals surface area contributed by atoms with Gasteiger partial charge in [-0.25, -0.2) is 0 Å². The summed E-state index contributed by atoms with van der Waals surface area (Å²) in [6, 6.07) is 0. The van der Waals surface area contributed by atoms with Crippen LogP contribution in [0.1, 0.15) is 64.7 Å². The van der Waals surface area contributed by atoms with E-state index >= 15 is 0 Å². The van der Waals surface area contributed by atoms with Crippen LogP contribution in [0.4, 0.5) is 0 Å². The van der Waals surface area contributed by atoms with E-state index in [2.05, 4.69) is 12.2 Å². The van der Waals surface area contributed by atoms with Gasteiger partial charge in [0.1, 0.15) is 0 Å². The van der Waals surface area contributed by atoms with Gasteiger partial charge in [-0.1, -0.05) is 38.3 Å². The van der Waals surface area contributed by atoms with Crippen molar-refractivity contribution in [2.75, 3.05) is 6.61 Å². The minimum absolute atomic E-state index is 0.00425. The molecular formula is C15H26O2. The fourth-order valence-electron chi connectivity index (χ4n) is 2.10. The number of carbonyl (C=O) groups excluding carboxylic acids is 1. The zero-order valence-electron chi connectivity index (χ0n) is 11.1. The number of hydrogen-bond donors (Lipinski definition) is 0. The first-order valence-electron chi connectivity index (χ1n) is 7.12. The highest BCUT2D eigenvalue weighted by Gasteiger charge is 2.13. The number of ether oxygens (including phenoxy) is 1. The van der Waals surface area contributed by atoms with Gasteiger partial charge in [-0.05, 0) is 38.5 Å². The van der Waals surface area contributed by atoms with E-state index in [1.165, 1.54) is 25.7 Å². The molecule has 0 N–H and O–H groups in total. The molecule has 0 aromatic rings. The number of hydrogen-bond acceptors (Lipinski definition) is 2. The van der Waals surface area contributed by atoms with Crippen LogP contribution in [0.25, 0.3) is 0 Å². The van der Waals surface area contributed by atoms with Crippen LogP contribution < -0.4 is 0 Å². The molecular weight excluding hydrogens is 212 g/mol. The molecule has 0 aromatic heterocycles. The van der Waals surface area contributed by atoms with E-state index in [4.69, 9.17) is 4.74 Å². The predicted molar refractivity (Wildman–Crippen MR) is 70.8 cm³/mol. The van der Waals surface area contributed by atoms with Crippen molar-refractivity contribution in [1.29, 1.82) is 0 Å². The first-order valence-corrected chi connectivity index (χ1v) is 7.12. The van der Waals surface area contributed by atoms with Crippen molar-refractivity contribution >= 4 is 5.97 Å². The fourth-order valence-corrected chi connectivity index (χ4v) is 2.10. The third-order valence-corrected chi connectivity index (χ3v) is 3.34. The van der Waals surface area contributed by atoms with E-state index in [0.717, 1.165) is 32.1 Å². The standard InChI is InChI=1S/C15H26O2/c1-14-12-10-8-6-4-2-3-5-7-9-11-13-17-15(14)16/h3,5,14H,2,4,6-13H2,1H3. The lowest BCUT2D eigenvalue weighted by Crippen LogP contribution is -2.15. The molecule has 0 fully saturated rings. The predicted octanol–water partition coefficient (Wildman–Crippen LogP) is 4.25. The summed E-state index contributed by atoms with van der Waals surface area (Å²) in [4.78, 5) is 11.6. The summed E-state index contributed by atoms with van der Waals surface area (Å²) in [7, 11) is 0. The maximum Gasteiger partial charge on any atom is 0.308 e. The molecule has 0 saturated heterocycles. The van der Waals surface area contributed by atoms with Gasteiger partial charge in [-0.3, -0.25) is 4.79 Å². The molecule has 0 amide bonds. The highest BCUT2D eigenvalue weighted by Crippen LogP contribution is 2.14. The largest absolute Gasteiger partial charge is 0.465 e. The molecule has 0 aromatic carbocycles. The number of cyclic esters (lactones) is 1. The van der Waals surface area contributed by atoms with Crippen LogP contribution in [-0.2, 0) is 9.53 Å². The molecule has 2 heteroatoms. The van der Waals surface area contributed by atoms with Crippen LogP contribution in [0.3, 0.4) is 0 Å². The molecule has 0 spiro atoms. The maximum absolute atomic E-state index is 11.6. The molecule has 17 heavy (non-hydrogen) atoms. The maximum atomic E-state index is 11.6. The Bertz CT molecular complexity index is 233. The van der Waals surface area contributed by atoms with Crippen LogP contribution in [0.5, 0.6) is 0 Å². The third kappa shape index (κ3) is 7.19. The zero-order valence-corrected chi connectivity index (χ0v) is 11.1. The summed E-state index contributed by atoms with van der Waals surface area (Å²) in [5.74, 6) is 0.0775. The van der Waals surface area contributed by atoms with Gasteiger partial charge in [0, 0.05) is 0 Å². The molecule has 0 radical (unpaired) electrons. The first kappa shape index (κ1) is 14.3. The average molecular weight is 238 g/mol. The van der Waals surface area contributed by atoms with Crippen LogP contribution in [0.15, 0.2) is 12.2 Å². The normalized spacial score (nSPS) is 25.7. The second kappa shape index (κ2) is 9.26. The Morgan fingerprint density at radius 1 is 1.00 bits per heavy atom. The van der Waals surface area contributed by atoms with Gasteiger partial charge in [-0.2, -0.15) is 0 Å². The molecule has 1 aliphatic rings. The molecule has 0 bridgehead atoms. The number of esters is 1.